The first-order chi connectivity index (χ1) is 11.8. The molecule has 0 spiro atoms. The minimum absolute atomic E-state index is 0.148. The van der Waals surface area contributed by atoms with Crippen LogP contribution < -0.4 is 0 Å². The number of hydrogen-bond acceptors (Lipinski definition) is 0. The zero-order chi connectivity index (χ0) is 23.0. The second-order valence-corrected chi connectivity index (χ2v) is 15.2. The largest absolute Gasteiger partial charge is 0.0588 e. The van der Waals surface area contributed by atoms with Crippen LogP contribution in [0.2, 0.25) is 0 Å². The Kier molecular flexibility index (Phi) is 4.39. The summed E-state index contributed by atoms with van der Waals surface area (Å²) in [6, 6.07) is 0. The molecule has 0 saturated heterocycles. The fourth-order valence-electron chi connectivity index (χ4n) is 10.0. The minimum Gasteiger partial charge on any atom is -0.0588 e. The summed E-state index contributed by atoms with van der Waals surface area (Å²) in [6.07, 6.45) is 0. The molecule has 0 aromatic carbocycles. The van der Waals surface area contributed by atoms with E-state index in [1.807, 2.05) is 0 Å². The van der Waals surface area contributed by atoms with Crippen LogP contribution in [0, 0.1) is 54.1 Å². The maximum Gasteiger partial charge on any atom is -0.0156 e. The molecule has 2 fully saturated rings. The Morgan fingerprint density at radius 3 is 0.500 bits per heavy atom. The van der Waals surface area contributed by atoms with Crippen LogP contribution in [0.15, 0.2) is 0 Å². The van der Waals surface area contributed by atoms with Crippen LogP contribution >= 0.6 is 0 Å². The molecule has 166 valence electrons. The van der Waals surface area contributed by atoms with E-state index in [0.29, 0.717) is 0 Å². The van der Waals surface area contributed by atoms with E-state index in [1.165, 1.54) is 0 Å². The molecule has 0 heteroatoms. The average molecular weight is 391 g/mol. The van der Waals surface area contributed by atoms with E-state index in [1.54, 1.807) is 0 Å². The van der Waals surface area contributed by atoms with E-state index in [2.05, 4.69) is 125 Å². The van der Waals surface area contributed by atoms with Crippen molar-refractivity contribution in [1.82, 2.24) is 0 Å². The van der Waals surface area contributed by atoms with Crippen LogP contribution in [-0.4, -0.2) is 0 Å². The van der Waals surface area contributed by atoms with Crippen LogP contribution in [0.25, 0.3) is 0 Å². The normalized spacial score (nSPS) is 43.1. The zero-order valence-corrected chi connectivity index (χ0v) is 23.0. The van der Waals surface area contributed by atoms with Gasteiger partial charge in [0.2, 0.25) is 0 Å². The quantitative estimate of drug-likeness (QED) is 0.386. The van der Waals surface area contributed by atoms with Crippen molar-refractivity contribution in [3.63, 3.8) is 0 Å². The van der Waals surface area contributed by atoms with Crippen molar-refractivity contribution in [3.05, 3.63) is 0 Å². The van der Waals surface area contributed by atoms with Crippen molar-refractivity contribution in [2.24, 2.45) is 54.1 Å². The Bertz CT molecular complexity index is 621. The molecule has 2 unspecified atom stereocenters. The van der Waals surface area contributed by atoms with Crippen molar-refractivity contribution in [2.45, 2.75) is 125 Å². The Balaban J connectivity index is 3.32. The molecule has 0 nitrogen and oxygen atoms in total. The molecule has 2 aliphatic carbocycles. The van der Waals surface area contributed by atoms with Gasteiger partial charge in [0.1, 0.15) is 0 Å². The molecule has 2 atom stereocenters. The lowest BCUT2D eigenvalue weighted by Crippen LogP contribution is -2.77. The third kappa shape index (κ3) is 1.66. The molecule has 2 saturated carbocycles. The summed E-state index contributed by atoms with van der Waals surface area (Å²) >= 11 is 0. The number of fused-ring (bicyclic) bond motifs is 2. The van der Waals surface area contributed by atoms with Crippen LogP contribution in [0.4, 0.5) is 0 Å². The molecule has 28 heavy (non-hydrogen) atoms. The van der Waals surface area contributed by atoms with Crippen LogP contribution in [0.3, 0.4) is 0 Å². The molecular formula is C28H54. The molecular weight excluding hydrogens is 336 g/mol. The highest BCUT2D eigenvalue weighted by molar-refractivity contribution is 5.32. The zero-order valence-electron chi connectivity index (χ0n) is 23.0. The third-order valence-corrected chi connectivity index (χ3v) is 15.3. The van der Waals surface area contributed by atoms with E-state index >= 15 is 0 Å². The Morgan fingerprint density at radius 2 is 0.321 bits per heavy atom. The first-order valence-corrected chi connectivity index (χ1v) is 11.8. The summed E-state index contributed by atoms with van der Waals surface area (Å²) in [5.74, 6) is 0. The predicted octanol–water partition coefficient (Wildman–Crippen LogP) is 9.24. The summed E-state index contributed by atoms with van der Waals surface area (Å²) in [5.41, 5.74) is 1.61. The second-order valence-electron chi connectivity index (χ2n) is 15.2. The average Bonchev–Trinajstić information content (AvgIpc) is 2.49. The molecule has 0 aliphatic heterocycles. The number of rotatable bonds is 0. The topological polar surface area (TPSA) is 0 Å². The van der Waals surface area contributed by atoms with Gasteiger partial charge in [0.25, 0.3) is 0 Å². The summed E-state index contributed by atoms with van der Waals surface area (Å²) in [4.78, 5) is 0. The van der Waals surface area contributed by atoms with Gasteiger partial charge in [-0.3, -0.25) is 0 Å². The van der Waals surface area contributed by atoms with Gasteiger partial charge in [-0.05, 0) is 54.1 Å². The standard InChI is InChI=1S/C28H54/c1-19(2)20(3,4)23(9,10)28(18)25(13,14)21(5,6)24(11,12)27(17,22(19,7)8)26(28,15)16/h1-18H3. The molecule has 0 aromatic rings. The van der Waals surface area contributed by atoms with Gasteiger partial charge in [-0.1, -0.05) is 125 Å². The highest BCUT2D eigenvalue weighted by Gasteiger charge is 2.85. The highest BCUT2D eigenvalue weighted by atomic mass is 14.9. The lowest BCUT2D eigenvalue weighted by molar-refractivity contribution is -0.345. The monoisotopic (exact) mass is 390 g/mol. The van der Waals surface area contributed by atoms with Gasteiger partial charge >= 0.3 is 0 Å². The van der Waals surface area contributed by atoms with E-state index in [-0.39, 0.29) is 54.1 Å². The van der Waals surface area contributed by atoms with Crippen molar-refractivity contribution >= 4 is 0 Å². The molecule has 2 rings (SSSR count). The third-order valence-electron chi connectivity index (χ3n) is 15.3. The lowest BCUT2D eigenvalue weighted by Gasteiger charge is -2.82. The molecule has 0 aromatic heterocycles. The van der Waals surface area contributed by atoms with Gasteiger partial charge in [-0.2, -0.15) is 0 Å². The highest BCUT2D eigenvalue weighted by Crippen LogP contribution is 2.90. The fraction of sp³-hybridized carbons (Fsp3) is 1.00. The summed E-state index contributed by atoms with van der Waals surface area (Å²) < 4.78 is 0. The molecule has 0 radical (unpaired) electrons. The summed E-state index contributed by atoms with van der Waals surface area (Å²) in [6.45, 7) is 46.9. The summed E-state index contributed by atoms with van der Waals surface area (Å²) in [7, 11) is 0. The van der Waals surface area contributed by atoms with Gasteiger partial charge in [-0.25, -0.2) is 0 Å². The van der Waals surface area contributed by atoms with Gasteiger partial charge in [0, 0.05) is 0 Å². The van der Waals surface area contributed by atoms with E-state index in [0.717, 1.165) is 0 Å². The summed E-state index contributed by atoms with van der Waals surface area (Å²) in [5, 5.41) is 0. The fourth-order valence-corrected chi connectivity index (χ4v) is 10.0. The maximum absolute atomic E-state index is 2.67. The van der Waals surface area contributed by atoms with Gasteiger partial charge in [0.05, 0.1) is 0 Å². The Hall–Kier alpha value is 0. The van der Waals surface area contributed by atoms with Gasteiger partial charge in [0.15, 0.2) is 0 Å². The molecule has 0 heterocycles. The molecule has 2 aliphatic rings. The Labute approximate surface area is 179 Å². The second kappa shape index (κ2) is 5.07. The SMILES string of the molecule is CC1(C)C(C)(C)C(C)(C)C2(C)C(C)(C)C(C)(C)C(C)(C)C(C)(C1(C)C)C2(C)C. The van der Waals surface area contributed by atoms with Crippen molar-refractivity contribution in [1.29, 1.82) is 0 Å². The lowest BCUT2D eigenvalue weighted by atomic mass is 9.22. The predicted molar refractivity (Wildman–Crippen MR) is 126 cm³/mol. The minimum atomic E-state index is 0.148. The maximum atomic E-state index is 2.67. The first kappa shape index (κ1) is 24.3. The van der Waals surface area contributed by atoms with Crippen molar-refractivity contribution < 1.29 is 0 Å². The van der Waals surface area contributed by atoms with E-state index in [9.17, 15) is 0 Å². The molecule has 0 N–H and O–H groups in total. The van der Waals surface area contributed by atoms with Gasteiger partial charge < -0.3 is 0 Å². The first-order valence-electron chi connectivity index (χ1n) is 11.8. The molecule has 2 bridgehead atoms. The van der Waals surface area contributed by atoms with Crippen molar-refractivity contribution in [2.75, 3.05) is 0 Å². The van der Waals surface area contributed by atoms with E-state index < -0.39 is 0 Å². The van der Waals surface area contributed by atoms with Gasteiger partial charge in [-0.15, -0.1) is 0 Å². The van der Waals surface area contributed by atoms with E-state index in [4.69, 9.17) is 0 Å². The van der Waals surface area contributed by atoms with Crippen LogP contribution in [-0.2, 0) is 0 Å². The smallest absolute Gasteiger partial charge is 0.0156 e. The van der Waals surface area contributed by atoms with Crippen molar-refractivity contribution in [3.8, 4) is 0 Å². The van der Waals surface area contributed by atoms with Crippen LogP contribution in [0.5, 0.6) is 0 Å². The van der Waals surface area contributed by atoms with Crippen LogP contribution in [0.1, 0.15) is 125 Å². The molecule has 0 amide bonds. The number of hydrogen-bond donors (Lipinski definition) is 0. The Morgan fingerprint density at radius 1 is 0.179 bits per heavy atom.